The predicted molar refractivity (Wildman–Crippen MR) is 122 cm³/mol. The molecular formula is C23H22ClFN2O4S. The van der Waals surface area contributed by atoms with Crippen LogP contribution in [0.5, 0.6) is 5.75 Å². The van der Waals surface area contributed by atoms with Crippen molar-refractivity contribution in [2.75, 3.05) is 24.0 Å². The molecule has 1 amide bonds. The van der Waals surface area contributed by atoms with Gasteiger partial charge in [-0.2, -0.15) is 0 Å². The Hall–Kier alpha value is -3.10. The summed E-state index contributed by atoms with van der Waals surface area (Å²) >= 11 is 5.85. The number of anilines is 1. The minimum Gasteiger partial charge on any atom is -0.492 e. The van der Waals surface area contributed by atoms with Crippen molar-refractivity contribution in [1.82, 2.24) is 5.32 Å². The van der Waals surface area contributed by atoms with E-state index in [1.165, 1.54) is 24.3 Å². The smallest absolute Gasteiger partial charge is 0.264 e. The molecule has 9 heteroatoms. The largest absolute Gasteiger partial charge is 0.492 e. The van der Waals surface area contributed by atoms with E-state index < -0.39 is 28.3 Å². The van der Waals surface area contributed by atoms with E-state index in [2.05, 4.69) is 5.32 Å². The van der Waals surface area contributed by atoms with Gasteiger partial charge in [-0.1, -0.05) is 41.9 Å². The third-order valence-electron chi connectivity index (χ3n) is 4.49. The Morgan fingerprint density at radius 1 is 1.06 bits per heavy atom. The van der Waals surface area contributed by atoms with Gasteiger partial charge in [-0.3, -0.25) is 9.10 Å². The molecule has 32 heavy (non-hydrogen) atoms. The van der Waals surface area contributed by atoms with Crippen molar-refractivity contribution in [3.05, 3.63) is 89.2 Å². The van der Waals surface area contributed by atoms with Crippen molar-refractivity contribution in [1.29, 1.82) is 0 Å². The molecule has 0 unspecified atom stereocenters. The van der Waals surface area contributed by atoms with Crippen LogP contribution in [0.4, 0.5) is 10.1 Å². The quantitative estimate of drug-likeness (QED) is 0.470. The molecule has 0 aliphatic carbocycles. The Morgan fingerprint density at radius 2 is 1.81 bits per heavy atom. The van der Waals surface area contributed by atoms with E-state index in [0.29, 0.717) is 5.75 Å². The molecule has 0 bridgehead atoms. The van der Waals surface area contributed by atoms with Crippen molar-refractivity contribution in [2.45, 2.75) is 11.8 Å². The van der Waals surface area contributed by atoms with Crippen molar-refractivity contribution < 1.29 is 22.3 Å². The van der Waals surface area contributed by atoms with E-state index in [-0.39, 0.29) is 28.8 Å². The first-order valence-electron chi connectivity index (χ1n) is 9.76. The Balaban J connectivity index is 1.72. The third-order valence-corrected chi connectivity index (χ3v) is 6.57. The summed E-state index contributed by atoms with van der Waals surface area (Å²) < 4.78 is 46.5. The van der Waals surface area contributed by atoms with E-state index in [1.807, 2.05) is 25.1 Å². The number of aryl methyl sites for hydroxylation is 1. The molecule has 0 radical (unpaired) electrons. The van der Waals surface area contributed by atoms with Crippen LogP contribution in [0.2, 0.25) is 5.02 Å². The molecular weight excluding hydrogens is 455 g/mol. The Kier molecular flexibility index (Phi) is 7.71. The van der Waals surface area contributed by atoms with E-state index in [9.17, 15) is 17.6 Å². The number of hydrogen-bond acceptors (Lipinski definition) is 4. The third kappa shape index (κ3) is 5.99. The van der Waals surface area contributed by atoms with Gasteiger partial charge in [-0.25, -0.2) is 12.8 Å². The second kappa shape index (κ2) is 10.5. The average Bonchev–Trinajstić information content (AvgIpc) is 2.77. The van der Waals surface area contributed by atoms with E-state index >= 15 is 0 Å². The zero-order valence-corrected chi connectivity index (χ0v) is 18.9. The highest BCUT2D eigenvalue weighted by Gasteiger charge is 2.27. The zero-order chi connectivity index (χ0) is 23.1. The van der Waals surface area contributed by atoms with Crippen LogP contribution in [0.25, 0.3) is 0 Å². The summed E-state index contributed by atoms with van der Waals surface area (Å²) in [5, 5.41) is 2.39. The van der Waals surface area contributed by atoms with Crippen molar-refractivity contribution in [2.24, 2.45) is 0 Å². The van der Waals surface area contributed by atoms with Crippen LogP contribution in [0.15, 0.2) is 77.7 Å². The first-order chi connectivity index (χ1) is 15.3. The fraction of sp³-hybridized carbons (Fsp3) is 0.174. The number of nitrogens with zero attached hydrogens (tertiary/aromatic N) is 1. The molecule has 0 saturated carbocycles. The van der Waals surface area contributed by atoms with Gasteiger partial charge in [0.05, 0.1) is 22.2 Å². The molecule has 3 aromatic carbocycles. The highest BCUT2D eigenvalue weighted by molar-refractivity contribution is 7.92. The van der Waals surface area contributed by atoms with Gasteiger partial charge in [0, 0.05) is 0 Å². The van der Waals surface area contributed by atoms with Gasteiger partial charge in [-0.05, 0) is 55.0 Å². The minimum atomic E-state index is -4.10. The fourth-order valence-corrected chi connectivity index (χ4v) is 4.53. The Labute approximate surface area is 191 Å². The summed E-state index contributed by atoms with van der Waals surface area (Å²) in [4.78, 5) is 12.5. The van der Waals surface area contributed by atoms with Crippen LogP contribution < -0.4 is 14.4 Å². The number of amides is 1. The molecule has 0 aromatic heterocycles. The number of hydrogen-bond donors (Lipinski definition) is 1. The van der Waals surface area contributed by atoms with E-state index in [4.69, 9.17) is 16.3 Å². The maximum absolute atomic E-state index is 13.6. The highest BCUT2D eigenvalue weighted by atomic mass is 35.5. The lowest BCUT2D eigenvalue weighted by Crippen LogP contribution is -2.42. The van der Waals surface area contributed by atoms with Crippen LogP contribution >= 0.6 is 11.6 Å². The maximum Gasteiger partial charge on any atom is 0.264 e. The fourth-order valence-electron chi connectivity index (χ4n) is 2.93. The number of sulfonamides is 1. The van der Waals surface area contributed by atoms with Crippen molar-refractivity contribution in [3.8, 4) is 5.75 Å². The zero-order valence-electron chi connectivity index (χ0n) is 17.3. The summed E-state index contributed by atoms with van der Waals surface area (Å²) in [6, 6.07) is 18.6. The van der Waals surface area contributed by atoms with Crippen LogP contribution in [0.3, 0.4) is 0 Å². The lowest BCUT2D eigenvalue weighted by molar-refractivity contribution is -0.119. The molecule has 0 aliphatic heterocycles. The number of rotatable bonds is 9. The van der Waals surface area contributed by atoms with Gasteiger partial charge in [0.25, 0.3) is 10.0 Å². The summed E-state index contributed by atoms with van der Waals surface area (Å²) in [7, 11) is -4.10. The van der Waals surface area contributed by atoms with Crippen LogP contribution in [0, 0.1) is 12.7 Å². The van der Waals surface area contributed by atoms with Crippen LogP contribution in [-0.4, -0.2) is 34.0 Å². The first kappa shape index (κ1) is 23.6. The van der Waals surface area contributed by atoms with Gasteiger partial charge < -0.3 is 10.1 Å². The Bertz CT molecular complexity index is 1190. The second-order valence-corrected chi connectivity index (χ2v) is 9.21. The topological polar surface area (TPSA) is 75.7 Å². The van der Waals surface area contributed by atoms with Gasteiger partial charge in [0.15, 0.2) is 0 Å². The first-order valence-corrected chi connectivity index (χ1v) is 11.6. The van der Waals surface area contributed by atoms with E-state index in [1.54, 1.807) is 24.3 Å². The second-order valence-electron chi connectivity index (χ2n) is 6.94. The monoisotopic (exact) mass is 476 g/mol. The number of ether oxygens (including phenoxy) is 1. The summed E-state index contributed by atoms with van der Waals surface area (Å²) in [6.07, 6.45) is 0. The van der Waals surface area contributed by atoms with E-state index in [0.717, 1.165) is 15.9 Å². The normalized spacial score (nSPS) is 11.1. The molecule has 6 nitrogen and oxygen atoms in total. The van der Waals surface area contributed by atoms with Crippen molar-refractivity contribution in [3.63, 3.8) is 0 Å². The lowest BCUT2D eigenvalue weighted by atomic mass is 10.2. The molecule has 0 fully saturated rings. The lowest BCUT2D eigenvalue weighted by Gasteiger charge is -2.24. The summed E-state index contributed by atoms with van der Waals surface area (Å²) in [5.74, 6) is -0.559. The average molecular weight is 477 g/mol. The molecule has 3 rings (SSSR count). The predicted octanol–water partition coefficient (Wildman–Crippen LogP) is 4.18. The van der Waals surface area contributed by atoms with Gasteiger partial charge in [-0.15, -0.1) is 0 Å². The molecule has 0 spiro atoms. The molecule has 0 atom stereocenters. The van der Waals surface area contributed by atoms with Crippen LogP contribution in [-0.2, 0) is 14.8 Å². The van der Waals surface area contributed by atoms with Crippen LogP contribution in [0.1, 0.15) is 5.56 Å². The Morgan fingerprint density at radius 3 is 2.50 bits per heavy atom. The standard InChI is InChI=1S/C23H22ClFN2O4S/c1-17-6-5-7-19(14-17)31-13-12-26-23(28)16-27(18-10-11-22(25)21(24)15-18)32(29,30)20-8-3-2-4-9-20/h2-11,14-15H,12-13,16H2,1H3,(H,26,28). The molecule has 0 saturated heterocycles. The molecule has 1 N–H and O–H groups in total. The van der Waals surface area contributed by atoms with Crippen molar-refractivity contribution >= 4 is 33.2 Å². The number of benzene rings is 3. The van der Waals surface area contributed by atoms with Gasteiger partial charge >= 0.3 is 0 Å². The highest BCUT2D eigenvalue weighted by Crippen LogP contribution is 2.27. The number of carbonyl (C=O) groups excluding carboxylic acids is 1. The summed E-state index contributed by atoms with van der Waals surface area (Å²) in [6.45, 7) is 1.82. The number of halogens is 2. The SMILES string of the molecule is Cc1cccc(OCCNC(=O)CN(c2ccc(F)c(Cl)c2)S(=O)(=O)c2ccccc2)c1. The molecule has 0 aliphatic rings. The number of nitrogens with one attached hydrogen (secondary N) is 1. The molecule has 0 heterocycles. The van der Waals surface area contributed by atoms with Gasteiger partial charge in [0.1, 0.15) is 24.7 Å². The molecule has 3 aromatic rings. The number of carbonyl (C=O) groups is 1. The maximum atomic E-state index is 13.6. The summed E-state index contributed by atoms with van der Waals surface area (Å²) in [5.41, 5.74) is 1.12. The minimum absolute atomic E-state index is 0.00368. The molecule has 168 valence electrons. The van der Waals surface area contributed by atoms with Gasteiger partial charge in [0.2, 0.25) is 5.91 Å².